The molecule has 2 heterocycles. The van der Waals surface area contributed by atoms with E-state index in [0.717, 1.165) is 5.56 Å². The predicted molar refractivity (Wildman–Crippen MR) is 89.8 cm³/mol. The first-order valence-electron chi connectivity index (χ1n) is 7.67. The summed E-state index contributed by atoms with van der Waals surface area (Å²) in [4.78, 5) is 20.3. The van der Waals surface area contributed by atoms with Crippen LogP contribution in [0.3, 0.4) is 0 Å². The van der Waals surface area contributed by atoms with Crippen molar-refractivity contribution in [2.24, 2.45) is 0 Å². The maximum atomic E-state index is 12.1. The Morgan fingerprint density at radius 3 is 2.71 bits per heavy atom. The Labute approximate surface area is 139 Å². The van der Waals surface area contributed by atoms with Crippen molar-refractivity contribution in [3.8, 4) is 5.82 Å². The Morgan fingerprint density at radius 1 is 1.21 bits per heavy atom. The molecule has 3 aromatic rings. The van der Waals surface area contributed by atoms with Gasteiger partial charge >= 0.3 is 0 Å². The van der Waals surface area contributed by atoms with Crippen molar-refractivity contribution in [2.75, 3.05) is 6.54 Å². The van der Waals surface area contributed by atoms with Crippen molar-refractivity contribution in [1.29, 1.82) is 0 Å². The van der Waals surface area contributed by atoms with Crippen LogP contribution in [-0.2, 0) is 6.42 Å². The number of aliphatic hydroxyl groups is 1. The largest absolute Gasteiger partial charge is 0.391 e. The summed E-state index contributed by atoms with van der Waals surface area (Å²) in [6.45, 7) is 0.191. The average Bonchev–Trinajstić information content (AvgIpc) is 3.15. The van der Waals surface area contributed by atoms with Gasteiger partial charge in [-0.2, -0.15) is 0 Å². The van der Waals surface area contributed by atoms with Gasteiger partial charge in [-0.15, -0.1) is 0 Å². The molecule has 6 heteroatoms. The number of carbonyl (C=O) groups is 1. The van der Waals surface area contributed by atoms with Crippen LogP contribution in [0.5, 0.6) is 0 Å². The monoisotopic (exact) mass is 322 g/mol. The number of aliphatic hydroxyl groups excluding tert-OH is 1. The molecule has 24 heavy (non-hydrogen) atoms. The molecule has 0 saturated heterocycles. The van der Waals surface area contributed by atoms with E-state index in [0.29, 0.717) is 17.8 Å². The van der Waals surface area contributed by atoms with Crippen LogP contribution in [0.1, 0.15) is 15.9 Å². The van der Waals surface area contributed by atoms with E-state index >= 15 is 0 Å². The highest BCUT2D eigenvalue weighted by molar-refractivity contribution is 5.93. The van der Waals surface area contributed by atoms with Crippen molar-refractivity contribution < 1.29 is 9.90 Å². The Bertz CT molecular complexity index is 771. The Balaban J connectivity index is 1.53. The van der Waals surface area contributed by atoms with Crippen molar-refractivity contribution in [3.63, 3.8) is 0 Å². The van der Waals surface area contributed by atoms with E-state index in [-0.39, 0.29) is 12.5 Å². The summed E-state index contributed by atoms with van der Waals surface area (Å²) in [6, 6.07) is 13.1. The molecule has 2 N–H and O–H groups in total. The summed E-state index contributed by atoms with van der Waals surface area (Å²) in [5.41, 5.74) is 1.48. The third-order valence-electron chi connectivity index (χ3n) is 3.59. The molecule has 0 aliphatic carbocycles. The number of hydrogen-bond acceptors (Lipinski definition) is 4. The predicted octanol–water partition coefficient (Wildman–Crippen LogP) is 1.60. The fraction of sp³-hybridized carbons (Fsp3) is 0.167. The van der Waals surface area contributed by atoms with Crippen LogP contribution in [0, 0.1) is 0 Å². The van der Waals surface area contributed by atoms with Gasteiger partial charge in [0.15, 0.2) is 0 Å². The van der Waals surface area contributed by atoms with Crippen LogP contribution < -0.4 is 5.32 Å². The summed E-state index contributed by atoms with van der Waals surface area (Å²) in [7, 11) is 0. The van der Waals surface area contributed by atoms with Gasteiger partial charge in [0.05, 0.1) is 11.7 Å². The van der Waals surface area contributed by atoms with Crippen LogP contribution in [-0.4, -0.2) is 38.2 Å². The first kappa shape index (κ1) is 15.9. The zero-order valence-corrected chi connectivity index (χ0v) is 13.0. The summed E-state index contributed by atoms with van der Waals surface area (Å²) in [6.07, 6.45) is 6.46. The smallest absolute Gasteiger partial charge is 0.252 e. The van der Waals surface area contributed by atoms with Gasteiger partial charge in [-0.05, 0) is 17.7 Å². The van der Waals surface area contributed by atoms with E-state index in [1.165, 1.54) is 6.20 Å². The Morgan fingerprint density at radius 2 is 2.04 bits per heavy atom. The maximum Gasteiger partial charge on any atom is 0.252 e. The summed E-state index contributed by atoms with van der Waals surface area (Å²) in [5.74, 6) is 0.431. The van der Waals surface area contributed by atoms with Gasteiger partial charge in [0.1, 0.15) is 12.1 Å². The number of aromatic nitrogens is 3. The lowest BCUT2D eigenvalue weighted by molar-refractivity contribution is 0.0915. The normalized spacial score (nSPS) is 11.9. The topological polar surface area (TPSA) is 80.0 Å². The van der Waals surface area contributed by atoms with Gasteiger partial charge in [-0.1, -0.05) is 30.3 Å². The van der Waals surface area contributed by atoms with E-state index in [4.69, 9.17) is 0 Å². The van der Waals surface area contributed by atoms with E-state index < -0.39 is 6.10 Å². The second-order valence-electron chi connectivity index (χ2n) is 5.43. The molecule has 1 amide bonds. The first-order valence-corrected chi connectivity index (χ1v) is 7.67. The van der Waals surface area contributed by atoms with Crippen molar-refractivity contribution in [3.05, 3.63) is 78.5 Å². The maximum absolute atomic E-state index is 12.1. The number of nitrogens with zero attached hydrogens (tertiary/aromatic N) is 3. The quantitative estimate of drug-likeness (QED) is 0.722. The Hall–Kier alpha value is -2.99. The number of benzene rings is 1. The number of imidazole rings is 1. The molecule has 0 radical (unpaired) electrons. The van der Waals surface area contributed by atoms with Crippen LogP contribution in [0.2, 0.25) is 0 Å². The standard InChI is InChI=1S/C18H18N4O2/c23-16(10-14-4-2-1-3-5-14)12-21-18(24)15-6-7-17(20-11-15)22-9-8-19-13-22/h1-9,11,13,16,23H,10,12H2,(H,21,24). The van der Waals surface area contributed by atoms with Gasteiger partial charge in [-0.25, -0.2) is 9.97 Å². The number of hydrogen-bond donors (Lipinski definition) is 2. The minimum Gasteiger partial charge on any atom is -0.391 e. The molecule has 2 aromatic heterocycles. The van der Waals surface area contributed by atoms with Crippen LogP contribution in [0.15, 0.2) is 67.4 Å². The third-order valence-corrected chi connectivity index (χ3v) is 3.59. The molecule has 6 nitrogen and oxygen atoms in total. The van der Waals surface area contributed by atoms with Crippen LogP contribution in [0.4, 0.5) is 0 Å². The molecule has 122 valence electrons. The van der Waals surface area contributed by atoms with Gasteiger partial charge < -0.3 is 10.4 Å². The minimum absolute atomic E-state index is 0.191. The second-order valence-corrected chi connectivity index (χ2v) is 5.43. The second kappa shape index (κ2) is 7.52. The molecule has 0 bridgehead atoms. The number of amides is 1. The minimum atomic E-state index is -0.630. The van der Waals surface area contributed by atoms with Gasteiger partial charge in [0, 0.05) is 31.6 Å². The number of carbonyl (C=O) groups excluding carboxylic acids is 1. The molecule has 0 saturated carbocycles. The van der Waals surface area contributed by atoms with Crippen molar-refractivity contribution >= 4 is 5.91 Å². The summed E-state index contributed by atoms with van der Waals surface area (Å²) < 4.78 is 1.76. The lowest BCUT2D eigenvalue weighted by Gasteiger charge is -2.12. The molecule has 1 aromatic carbocycles. The van der Waals surface area contributed by atoms with Crippen molar-refractivity contribution in [1.82, 2.24) is 19.9 Å². The van der Waals surface area contributed by atoms with Crippen LogP contribution in [0.25, 0.3) is 5.82 Å². The molecular weight excluding hydrogens is 304 g/mol. The van der Waals surface area contributed by atoms with E-state index in [1.54, 1.807) is 35.4 Å². The Kier molecular flexibility index (Phi) is 4.98. The highest BCUT2D eigenvalue weighted by atomic mass is 16.3. The number of nitrogens with one attached hydrogen (secondary N) is 1. The zero-order chi connectivity index (χ0) is 16.8. The average molecular weight is 322 g/mol. The molecule has 0 aliphatic rings. The van der Waals surface area contributed by atoms with E-state index in [1.807, 2.05) is 30.3 Å². The van der Waals surface area contributed by atoms with Crippen LogP contribution >= 0.6 is 0 Å². The summed E-state index contributed by atoms with van der Waals surface area (Å²) >= 11 is 0. The lowest BCUT2D eigenvalue weighted by Crippen LogP contribution is -2.33. The molecule has 3 rings (SSSR count). The highest BCUT2D eigenvalue weighted by Crippen LogP contribution is 2.06. The fourth-order valence-electron chi connectivity index (χ4n) is 2.34. The SMILES string of the molecule is O=C(NCC(O)Cc1ccccc1)c1ccc(-n2ccnc2)nc1. The fourth-order valence-corrected chi connectivity index (χ4v) is 2.34. The van der Waals surface area contributed by atoms with E-state index in [9.17, 15) is 9.90 Å². The highest BCUT2D eigenvalue weighted by Gasteiger charge is 2.10. The third kappa shape index (κ3) is 4.05. The van der Waals surface area contributed by atoms with Gasteiger partial charge in [0.2, 0.25) is 0 Å². The molecular formula is C18H18N4O2. The lowest BCUT2D eigenvalue weighted by atomic mass is 10.1. The molecule has 1 atom stereocenters. The summed E-state index contributed by atoms with van der Waals surface area (Å²) in [5, 5.41) is 12.8. The van der Waals surface area contributed by atoms with Crippen molar-refractivity contribution in [2.45, 2.75) is 12.5 Å². The molecule has 0 fully saturated rings. The molecule has 1 unspecified atom stereocenters. The number of pyridine rings is 1. The molecule has 0 spiro atoms. The van der Waals surface area contributed by atoms with Gasteiger partial charge in [0.25, 0.3) is 5.91 Å². The zero-order valence-electron chi connectivity index (χ0n) is 13.0. The van der Waals surface area contributed by atoms with E-state index in [2.05, 4.69) is 15.3 Å². The van der Waals surface area contributed by atoms with Gasteiger partial charge in [-0.3, -0.25) is 9.36 Å². The molecule has 0 aliphatic heterocycles. The number of rotatable bonds is 6. The first-order chi connectivity index (χ1) is 11.7.